The number of halogens is 3. The molecule has 1 unspecified atom stereocenters. The molecule has 2 N–H and O–H groups in total. The quantitative estimate of drug-likeness (QED) is 0.353. The van der Waals surface area contributed by atoms with Crippen molar-refractivity contribution in [1.29, 1.82) is 0 Å². The van der Waals surface area contributed by atoms with E-state index in [1.165, 1.54) is 19.2 Å². The summed E-state index contributed by atoms with van der Waals surface area (Å²) in [6.07, 6.45) is 1.96. The number of nitrogens with one attached hydrogen (secondary N) is 2. The molecule has 2 heterocycles. The fraction of sp³-hybridized carbons (Fsp3) is 0.0800. The third kappa shape index (κ3) is 4.99. The zero-order chi connectivity index (χ0) is 23.7. The first-order valence-electron chi connectivity index (χ1n) is 10.4. The molecule has 1 aliphatic rings. The molecule has 0 bridgehead atoms. The van der Waals surface area contributed by atoms with Crippen LogP contribution in [0.1, 0.15) is 27.5 Å². The molecule has 4 aromatic rings. The Labute approximate surface area is 212 Å². The van der Waals surface area contributed by atoms with Crippen LogP contribution in [-0.4, -0.2) is 27.8 Å². The number of hydrogen-bond donors (Lipinski definition) is 2. The highest BCUT2D eigenvalue weighted by Gasteiger charge is 2.26. The number of rotatable bonds is 5. The van der Waals surface area contributed by atoms with E-state index in [-0.39, 0.29) is 30.2 Å². The highest BCUT2D eigenvalue weighted by atomic mass is 35.5. The lowest BCUT2D eigenvalue weighted by Gasteiger charge is -2.24. The van der Waals surface area contributed by atoms with Crippen LogP contribution in [0.4, 0.5) is 16.3 Å². The molecule has 1 aliphatic heterocycles. The van der Waals surface area contributed by atoms with Gasteiger partial charge in [-0.25, -0.2) is 9.07 Å². The first kappa shape index (κ1) is 24.3. The van der Waals surface area contributed by atoms with Gasteiger partial charge in [0.25, 0.3) is 11.9 Å². The van der Waals surface area contributed by atoms with Crippen molar-refractivity contribution in [2.45, 2.75) is 6.04 Å². The highest BCUT2D eigenvalue weighted by molar-refractivity contribution is 6.30. The molecule has 1 atom stereocenters. The average molecular weight is 512 g/mol. The van der Waals surface area contributed by atoms with E-state index < -0.39 is 5.91 Å². The largest absolute Gasteiger partial charge is 0.496 e. The minimum atomic E-state index is -0.399. The maximum Gasteiger partial charge on any atom is 0.261 e. The molecule has 0 radical (unpaired) electrons. The van der Waals surface area contributed by atoms with Crippen molar-refractivity contribution in [3.63, 3.8) is 0 Å². The Hall–Kier alpha value is -3.88. The van der Waals surface area contributed by atoms with Crippen molar-refractivity contribution in [1.82, 2.24) is 14.8 Å². The molecule has 0 saturated heterocycles. The van der Waals surface area contributed by atoms with Gasteiger partial charge in [-0.2, -0.15) is 4.98 Å². The molecule has 7 nitrogen and oxygen atoms in total. The smallest absolute Gasteiger partial charge is 0.261 e. The predicted octanol–water partition coefficient (Wildman–Crippen LogP) is 5.81. The molecule has 0 fully saturated rings. The molecule has 3 aromatic carbocycles. The molecule has 10 heteroatoms. The minimum absolute atomic E-state index is 0. The number of fused-ring (bicyclic) bond motifs is 1. The standard InChI is InChI=1S/C25H19ClFN5O2.ClH/c1-34-22-5-3-2-4-19(22)23(33)29-24-30-25-28-20(15-6-10-17(26)11-7-15)14-21(32(25)31-24)16-8-12-18(27)13-9-16;/h2-14,21H,1H3,(H2,28,29,30,31,33);1H. The Morgan fingerprint density at radius 2 is 1.80 bits per heavy atom. The van der Waals surface area contributed by atoms with Crippen LogP contribution in [0, 0.1) is 5.82 Å². The molecular formula is C25H20Cl2FN5O2. The Bertz CT molecular complexity index is 1390. The summed E-state index contributed by atoms with van der Waals surface area (Å²) in [6, 6.07) is 20.1. The zero-order valence-electron chi connectivity index (χ0n) is 18.4. The topological polar surface area (TPSA) is 81.1 Å². The number of anilines is 2. The van der Waals surface area contributed by atoms with Crippen molar-refractivity contribution in [2.24, 2.45) is 0 Å². The maximum absolute atomic E-state index is 13.6. The normalized spacial score (nSPS) is 14.1. The van der Waals surface area contributed by atoms with E-state index in [2.05, 4.69) is 20.7 Å². The number of amides is 1. The number of para-hydroxylation sites is 1. The van der Waals surface area contributed by atoms with Gasteiger partial charge in [0.05, 0.1) is 12.7 Å². The highest BCUT2D eigenvalue weighted by Crippen LogP contribution is 2.33. The monoisotopic (exact) mass is 511 g/mol. The van der Waals surface area contributed by atoms with Gasteiger partial charge in [0, 0.05) is 10.7 Å². The number of carbonyl (C=O) groups excluding carboxylic acids is 1. The van der Waals surface area contributed by atoms with Crippen molar-refractivity contribution < 1.29 is 13.9 Å². The van der Waals surface area contributed by atoms with Crippen LogP contribution < -0.4 is 15.4 Å². The number of carbonyl (C=O) groups is 1. The summed E-state index contributed by atoms with van der Waals surface area (Å²) in [5, 5.41) is 11.1. The van der Waals surface area contributed by atoms with E-state index in [9.17, 15) is 9.18 Å². The van der Waals surface area contributed by atoms with Crippen LogP contribution in [0.15, 0.2) is 78.9 Å². The van der Waals surface area contributed by atoms with E-state index >= 15 is 0 Å². The Morgan fingerprint density at radius 1 is 1.09 bits per heavy atom. The van der Waals surface area contributed by atoms with Crippen LogP contribution in [0.25, 0.3) is 5.70 Å². The maximum atomic E-state index is 13.6. The third-order valence-corrected chi connectivity index (χ3v) is 5.66. The Morgan fingerprint density at radius 3 is 2.51 bits per heavy atom. The van der Waals surface area contributed by atoms with Crippen molar-refractivity contribution in [2.75, 3.05) is 17.7 Å². The fourth-order valence-electron chi connectivity index (χ4n) is 3.74. The lowest BCUT2D eigenvalue weighted by atomic mass is 10.0. The van der Waals surface area contributed by atoms with Crippen LogP contribution in [0.3, 0.4) is 0 Å². The van der Waals surface area contributed by atoms with E-state index in [1.54, 1.807) is 53.2 Å². The Balaban J connectivity index is 0.00000289. The third-order valence-electron chi connectivity index (χ3n) is 5.41. The van der Waals surface area contributed by atoms with E-state index in [4.69, 9.17) is 16.3 Å². The van der Waals surface area contributed by atoms with Crippen molar-refractivity contribution in [3.05, 3.63) is 106 Å². The Kier molecular flexibility index (Phi) is 7.04. The number of ether oxygens (including phenoxy) is 1. The second-order valence-corrected chi connectivity index (χ2v) is 8.00. The number of hydrogen-bond acceptors (Lipinski definition) is 5. The van der Waals surface area contributed by atoms with Crippen molar-refractivity contribution in [3.8, 4) is 5.75 Å². The summed E-state index contributed by atoms with van der Waals surface area (Å²) in [7, 11) is 1.50. The summed E-state index contributed by atoms with van der Waals surface area (Å²) in [5.74, 6) is 0.263. The molecule has 0 aliphatic carbocycles. The molecule has 178 valence electrons. The summed E-state index contributed by atoms with van der Waals surface area (Å²) in [5.41, 5.74) is 2.85. The molecule has 0 saturated carbocycles. The van der Waals surface area contributed by atoms with Crippen molar-refractivity contribution >= 4 is 47.5 Å². The molecule has 1 aromatic heterocycles. The summed E-state index contributed by atoms with van der Waals surface area (Å²) < 4.78 is 20.5. The average Bonchev–Trinajstić information content (AvgIpc) is 3.26. The molecule has 35 heavy (non-hydrogen) atoms. The van der Waals surface area contributed by atoms with Gasteiger partial charge in [-0.05, 0) is 53.6 Å². The van der Waals surface area contributed by atoms with Gasteiger partial charge < -0.3 is 10.1 Å². The van der Waals surface area contributed by atoms with Crippen LogP contribution >= 0.6 is 24.0 Å². The van der Waals surface area contributed by atoms with Gasteiger partial charge in [-0.15, -0.1) is 17.5 Å². The second kappa shape index (κ2) is 10.2. The summed E-state index contributed by atoms with van der Waals surface area (Å²) >= 11 is 6.04. The van der Waals surface area contributed by atoms with Gasteiger partial charge in [-0.3, -0.25) is 10.1 Å². The fourth-order valence-corrected chi connectivity index (χ4v) is 3.87. The van der Waals surface area contributed by atoms with Crippen LogP contribution in [0.2, 0.25) is 5.02 Å². The second-order valence-electron chi connectivity index (χ2n) is 7.57. The first-order chi connectivity index (χ1) is 16.5. The van der Waals surface area contributed by atoms with Crippen LogP contribution in [0.5, 0.6) is 5.75 Å². The number of methoxy groups -OCH3 is 1. The van der Waals surface area contributed by atoms with Gasteiger partial charge in [-0.1, -0.05) is 48.0 Å². The van der Waals surface area contributed by atoms with E-state index in [0.29, 0.717) is 22.3 Å². The molecule has 0 spiro atoms. The number of benzene rings is 3. The number of nitrogens with zero attached hydrogens (tertiary/aromatic N) is 3. The SMILES string of the molecule is COc1ccccc1C(=O)Nc1nc2n(n1)C(c1ccc(F)cc1)C=C(c1ccc(Cl)cc1)N2.Cl. The number of aromatic nitrogens is 3. The minimum Gasteiger partial charge on any atom is -0.496 e. The zero-order valence-corrected chi connectivity index (χ0v) is 20.0. The lowest BCUT2D eigenvalue weighted by molar-refractivity contribution is 0.102. The predicted molar refractivity (Wildman–Crippen MR) is 136 cm³/mol. The lowest BCUT2D eigenvalue weighted by Crippen LogP contribution is -2.20. The van der Waals surface area contributed by atoms with Crippen LogP contribution in [-0.2, 0) is 0 Å². The molecule has 5 rings (SSSR count). The van der Waals surface area contributed by atoms with Gasteiger partial charge in [0.1, 0.15) is 17.6 Å². The van der Waals surface area contributed by atoms with Gasteiger partial charge in [0.15, 0.2) is 0 Å². The number of allylic oxidation sites excluding steroid dienone is 1. The molecular weight excluding hydrogens is 492 g/mol. The van der Waals surface area contributed by atoms with Gasteiger partial charge >= 0.3 is 0 Å². The molecule has 1 amide bonds. The summed E-state index contributed by atoms with van der Waals surface area (Å²) in [4.78, 5) is 17.3. The van der Waals surface area contributed by atoms with E-state index in [1.807, 2.05) is 18.2 Å². The van der Waals surface area contributed by atoms with E-state index in [0.717, 1.165) is 16.8 Å². The summed E-state index contributed by atoms with van der Waals surface area (Å²) in [6.45, 7) is 0. The van der Waals surface area contributed by atoms with Gasteiger partial charge in [0.2, 0.25) is 5.95 Å². The first-order valence-corrected chi connectivity index (χ1v) is 10.8.